The molecule has 0 saturated carbocycles. The Bertz CT molecular complexity index is 536. The Balaban J connectivity index is 1.84. The summed E-state index contributed by atoms with van der Waals surface area (Å²) in [5.74, 6) is 0.776. The van der Waals surface area contributed by atoms with E-state index in [1.54, 1.807) is 24.0 Å². The van der Waals surface area contributed by atoms with Crippen molar-refractivity contribution in [3.8, 4) is 11.5 Å². The van der Waals surface area contributed by atoms with Gasteiger partial charge in [-0.05, 0) is 37.6 Å². The molecular formula is C17H24N2O4. The predicted octanol–water partition coefficient (Wildman–Crippen LogP) is 1.63. The molecule has 1 aromatic carbocycles. The lowest BCUT2D eigenvalue weighted by Crippen LogP contribution is -2.53. The molecule has 6 heteroatoms. The minimum Gasteiger partial charge on any atom is -0.508 e. The Morgan fingerprint density at radius 3 is 2.26 bits per heavy atom. The molecule has 0 aliphatic carbocycles. The molecule has 1 fully saturated rings. The second-order valence-corrected chi connectivity index (χ2v) is 5.71. The van der Waals surface area contributed by atoms with Crippen LogP contribution in [0.1, 0.15) is 26.7 Å². The van der Waals surface area contributed by atoms with Gasteiger partial charge >= 0.3 is 0 Å². The van der Waals surface area contributed by atoms with Crippen molar-refractivity contribution in [1.82, 2.24) is 9.80 Å². The van der Waals surface area contributed by atoms with Gasteiger partial charge in [-0.15, -0.1) is 0 Å². The van der Waals surface area contributed by atoms with Gasteiger partial charge in [-0.1, -0.05) is 6.92 Å². The summed E-state index contributed by atoms with van der Waals surface area (Å²) in [6.45, 7) is 5.94. The third-order valence-corrected chi connectivity index (χ3v) is 3.91. The molecule has 1 saturated heterocycles. The molecule has 1 aliphatic heterocycles. The van der Waals surface area contributed by atoms with Gasteiger partial charge in [-0.3, -0.25) is 9.59 Å². The highest BCUT2D eigenvalue weighted by Crippen LogP contribution is 2.18. The van der Waals surface area contributed by atoms with Crippen molar-refractivity contribution in [2.45, 2.75) is 32.8 Å². The maximum Gasteiger partial charge on any atom is 0.263 e. The molecule has 6 nitrogen and oxygen atoms in total. The van der Waals surface area contributed by atoms with Crippen molar-refractivity contribution in [3.05, 3.63) is 24.3 Å². The molecule has 126 valence electrons. The van der Waals surface area contributed by atoms with Crippen LogP contribution in [0, 0.1) is 0 Å². The topological polar surface area (TPSA) is 70.1 Å². The number of nitrogens with zero attached hydrogens (tertiary/aromatic N) is 2. The normalized spacial score (nSPS) is 16.1. The van der Waals surface area contributed by atoms with Gasteiger partial charge in [0.2, 0.25) is 5.91 Å². The van der Waals surface area contributed by atoms with Crippen LogP contribution in [0.25, 0.3) is 0 Å². The van der Waals surface area contributed by atoms with E-state index in [0.717, 1.165) is 6.42 Å². The maximum atomic E-state index is 12.4. The molecule has 1 heterocycles. The number of rotatable bonds is 5. The summed E-state index contributed by atoms with van der Waals surface area (Å²) >= 11 is 0. The zero-order valence-electron chi connectivity index (χ0n) is 13.7. The first-order valence-corrected chi connectivity index (χ1v) is 8.03. The second-order valence-electron chi connectivity index (χ2n) is 5.71. The van der Waals surface area contributed by atoms with E-state index in [1.165, 1.54) is 12.1 Å². The zero-order valence-corrected chi connectivity index (χ0v) is 13.7. The molecule has 0 aromatic heterocycles. The first-order valence-electron chi connectivity index (χ1n) is 8.03. The largest absolute Gasteiger partial charge is 0.508 e. The van der Waals surface area contributed by atoms with Gasteiger partial charge in [0.25, 0.3) is 5.91 Å². The van der Waals surface area contributed by atoms with Crippen LogP contribution < -0.4 is 4.74 Å². The Morgan fingerprint density at radius 1 is 1.13 bits per heavy atom. The molecule has 2 amide bonds. The lowest BCUT2D eigenvalue weighted by molar-refractivity contribution is -0.143. The molecule has 0 bridgehead atoms. The van der Waals surface area contributed by atoms with Gasteiger partial charge in [-0.25, -0.2) is 0 Å². The minimum absolute atomic E-state index is 0.0827. The number of amides is 2. The Kier molecular flexibility index (Phi) is 5.84. The van der Waals surface area contributed by atoms with Crippen LogP contribution in [0.15, 0.2) is 24.3 Å². The Morgan fingerprint density at radius 2 is 1.70 bits per heavy atom. The number of phenols is 1. The highest BCUT2D eigenvalue weighted by molar-refractivity contribution is 5.81. The zero-order chi connectivity index (χ0) is 16.8. The molecule has 1 N–H and O–H groups in total. The summed E-state index contributed by atoms with van der Waals surface area (Å²) < 4.78 is 5.61. The van der Waals surface area contributed by atoms with E-state index in [9.17, 15) is 14.7 Å². The van der Waals surface area contributed by atoms with Crippen molar-refractivity contribution < 1.29 is 19.4 Å². The van der Waals surface area contributed by atoms with Gasteiger partial charge in [0, 0.05) is 32.6 Å². The smallest absolute Gasteiger partial charge is 0.263 e. The molecule has 1 unspecified atom stereocenters. The number of benzene rings is 1. The molecular weight excluding hydrogens is 296 g/mol. The predicted molar refractivity (Wildman–Crippen MR) is 86.3 cm³/mol. The summed E-state index contributed by atoms with van der Waals surface area (Å²) in [5, 5.41) is 9.25. The summed E-state index contributed by atoms with van der Waals surface area (Å²) in [6, 6.07) is 6.29. The fraction of sp³-hybridized carbons (Fsp3) is 0.529. The van der Waals surface area contributed by atoms with Gasteiger partial charge in [0.15, 0.2) is 6.10 Å². The van der Waals surface area contributed by atoms with E-state index < -0.39 is 6.10 Å². The molecule has 2 rings (SSSR count). The van der Waals surface area contributed by atoms with E-state index in [2.05, 4.69) is 0 Å². The van der Waals surface area contributed by atoms with Crippen molar-refractivity contribution in [1.29, 1.82) is 0 Å². The molecule has 0 spiro atoms. The number of ether oxygens (including phenoxy) is 1. The van der Waals surface area contributed by atoms with Gasteiger partial charge in [-0.2, -0.15) is 0 Å². The van der Waals surface area contributed by atoms with Crippen LogP contribution in [-0.2, 0) is 9.59 Å². The molecule has 1 aliphatic rings. The van der Waals surface area contributed by atoms with Gasteiger partial charge < -0.3 is 19.6 Å². The van der Waals surface area contributed by atoms with E-state index in [4.69, 9.17) is 4.74 Å². The summed E-state index contributed by atoms with van der Waals surface area (Å²) in [7, 11) is 0. The van der Waals surface area contributed by atoms with E-state index in [0.29, 0.717) is 38.3 Å². The minimum atomic E-state index is -0.600. The lowest BCUT2D eigenvalue weighted by atomic mass is 10.2. The van der Waals surface area contributed by atoms with E-state index in [1.807, 2.05) is 11.8 Å². The van der Waals surface area contributed by atoms with Crippen LogP contribution in [-0.4, -0.2) is 59.0 Å². The average molecular weight is 320 g/mol. The summed E-state index contributed by atoms with van der Waals surface area (Å²) in [4.78, 5) is 27.8. The molecule has 23 heavy (non-hydrogen) atoms. The van der Waals surface area contributed by atoms with Crippen LogP contribution >= 0.6 is 0 Å². The highest BCUT2D eigenvalue weighted by Gasteiger charge is 2.27. The number of aromatic hydroxyl groups is 1. The van der Waals surface area contributed by atoms with Crippen LogP contribution in [0.5, 0.6) is 11.5 Å². The maximum absolute atomic E-state index is 12.4. The molecule has 0 radical (unpaired) electrons. The third-order valence-electron chi connectivity index (χ3n) is 3.91. The van der Waals surface area contributed by atoms with E-state index >= 15 is 0 Å². The Hall–Kier alpha value is -2.24. The number of hydrogen-bond donors (Lipinski definition) is 1. The number of piperazine rings is 1. The van der Waals surface area contributed by atoms with Crippen molar-refractivity contribution in [3.63, 3.8) is 0 Å². The van der Waals surface area contributed by atoms with Crippen molar-refractivity contribution in [2.24, 2.45) is 0 Å². The van der Waals surface area contributed by atoms with Crippen LogP contribution in [0.3, 0.4) is 0 Å². The van der Waals surface area contributed by atoms with Crippen LogP contribution in [0.2, 0.25) is 0 Å². The molecule has 1 aromatic rings. The summed E-state index contributed by atoms with van der Waals surface area (Å²) in [5.41, 5.74) is 0. The fourth-order valence-electron chi connectivity index (χ4n) is 2.58. The number of phenolic OH excluding ortho intramolecular Hbond substituents is 1. The number of hydrogen-bond acceptors (Lipinski definition) is 4. The average Bonchev–Trinajstić information content (AvgIpc) is 2.56. The first kappa shape index (κ1) is 17.1. The van der Waals surface area contributed by atoms with Crippen molar-refractivity contribution >= 4 is 11.8 Å². The van der Waals surface area contributed by atoms with E-state index in [-0.39, 0.29) is 17.6 Å². The standard InChI is InChI=1S/C17H24N2O4/c1-3-4-16(21)18-9-11-19(12-10-18)17(22)13(2)23-15-7-5-14(20)6-8-15/h5-8,13,20H,3-4,9-12H2,1-2H3. The first-order chi connectivity index (χ1) is 11.0. The highest BCUT2D eigenvalue weighted by atomic mass is 16.5. The Labute approximate surface area is 136 Å². The SMILES string of the molecule is CCCC(=O)N1CCN(C(=O)C(C)Oc2ccc(O)cc2)CC1. The lowest BCUT2D eigenvalue weighted by Gasteiger charge is -2.36. The number of carbonyl (C=O) groups excluding carboxylic acids is 2. The van der Waals surface area contributed by atoms with Gasteiger partial charge in [0.05, 0.1) is 0 Å². The fourth-order valence-corrected chi connectivity index (χ4v) is 2.58. The number of carbonyl (C=O) groups is 2. The third kappa shape index (κ3) is 4.61. The molecule has 1 atom stereocenters. The van der Waals surface area contributed by atoms with Gasteiger partial charge in [0.1, 0.15) is 11.5 Å². The summed E-state index contributed by atoms with van der Waals surface area (Å²) in [6.07, 6.45) is 0.807. The second kappa shape index (κ2) is 7.85. The van der Waals surface area contributed by atoms with Crippen LogP contribution in [0.4, 0.5) is 0 Å². The quantitative estimate of drug-likeness (QED) is 0.895. The monoisotopic (exact) mass is 320 g/mol. The van der Waals surface area contributed by atoms with Crippen molar-refractivity contribution in [2.75, 3.05) is 26.2 Å².